The number of aryl methyl sites for hydroxylation is 1. The van der Waals surface area contributed by atoms with Gasteiger partial charge in [0.25, 0.3) is 0 Å². The zero-order valence-electron chi connectivity index (χ0n) is 8.82. The smallest absolute Gasteiger partial charge is 0.130 e. The molecule has 82 valence electrons. The maximum absolute atomic E-state index is 13.5. The highest BCUT2D eigenvalue weighted by molar-refractivity contribution is 5.28. The van der Waals surface area contributed by atoms with Gasteiger partial charge in [0.2, 0.25) is 0 Å². The summed E-state index contributed by atoms with van der Waals surface area (Å²) in [4.78, 5) is 0. The van der Waals surface area contributed by atoms with Crippen LogP contribution in [0.5, 0.6) is 0 Å². The zero-order valence-corrected chi connectivity index (χ0v) is 8.82. The lowest BCUT2D eigenvalue weighted by atomic mass is 9.96. The van der Waals surface area contributed by atoms with Crippen molar-refractivity contribution in [2.45, 2.75) is 32.2 Å². The van der Waals surface area contributed by atoms with Crippen molar-refractivity contribution in [2.24, 2.45) is 0 Å². The molecule has 1 nitrogen and oxygen atoms in total. The number of hydrogen-bond acceptors (Lipinski definition) is 1. The molecule has 0 aromatic heterocycles. The van der Waals surface area contributed by atoms with E-state index in [4.69, 9.17) is 0 Å². The molecule has 1 aromatic carbocycles. The number of hydrogen-bond donors (Lipinski definition) is 1. The van der Waals surface area contributed by atoms with Crippen molar-refractivity contribution in [3.05, 3.63) is 34.9 Å². The minimum Gasteiger partial charge on any atom is -0.310 e. The van der Waals surface area contributed by atoms with Crippen LogP contribution in [0.15, 0.2) is 12.1 Å². The minimum atomic E-state index is -0.466. The monoisotopic (exact) mass is 211 g/mol. The first-order chi connectivity index (χ1) is 7.18. The molecule has 1 atom stereocenters. The van der Waals surface area contributed by atoms with E-state index in [1.165, 1.54) is 0 Å². The topological polar surface area (TPSA) is 12.0 Å². The van der Waals surface area contributed by atoms with Crippen molar-refractivity contribution in [1.82, 2.24) is 5.32 Å². The second-order valence-electron chi connectivity index (χ2n) is 4.13. The van der Waals surface area contributed by atoms with E-state index in [0.29, 0.717) is 11.1 Å². The fourth-order valence-electron chi connectivity index (χ4n) is 2.06. The molecule has 3 heteroatoms. The fourth-order valence-corrected chi connectivity index (χ4v) is 2.06. The molecule has 1 N–H and O–H groups in total. The average Bonchev–Trinajstić information content (AvgIpc) is 2.25. The first-order valence-corrected chi connectivity index (χ1v) is 5.37. The van der Waals surface area contributed by atoms with Crippen LogP contribution in [0, 0.1) is 18.6 Å². The zero-order chi connectivity index (χ0) is 10.8. The summed E-state index contributed by atoms with van der Waals surface area (Å²) in [5, 5.41) is 3.26. The normalized spacial score (nSPS) is 21.7. The van der Waals surface area contributed by atoms with Crippen LogP contribution in [-0.2, 0) is 0 Å². The summed E-state index contributed by atoms with van der Waals surface area (Å²) < 4.78 is 26.6. The molecule has 1 aromatic rings. The molecule has 15 heavy (non-hydrogen) atoms. The van der Waals surface area contributed by atoms with Gasteiger partial charge in [-0.15, -0.1) is 0 Å². The summed E-state index contributed by atoms with van der Waals surface area (Å²) in [6, 6.07) is 2.66. The molecule has 0 saturated carbocycles. The third-order valence-corrected chi connectivity index (χ3v) is 2.96. The van der Waals surface area contributed by atoms with Gasteiger partial charge >= 0.3 is 0 Å². The van der Waals surface area contributed by atoms with Crippen molar-refractivity contribution in [3.63, 3.8) is 0 Å². The molecule has 0 radical (unpaired) electrons. The quantitative estimate of drug-likeness (QED) is 0.752. The van der Waals surface area contributed by atoms with Gasteiger partial charge in [-0.1, -0.05) is 6.42 Å². The first-order valence-electron chi connectivity index (χ1n) is 5.37. The number of rotatable bonds is 1. The van der Waals surface area contributed by atoms with Gasteiger partial charge in [-0.25, -0.2) is 8.78 Å². The SMILES string of the molecule is Cc1cc(C2CCCCN2)c(F)cc1F. The van der Waals surface area contributed by atoms with Crippen molar-refractivity contribution in [3.8, 4) is 0 Å². The molecule has 1 heterocycles. The fraction of sp³-hybridized carbons (Fsp3) is 0.500. The van der Waals surface area contributed by atoms with Crippen molar-refractivity contribution in [2.75, 3.05) is 6.54 Å². The largest absolute Gasteiger partial charge is 0.310 e. The molecule has 1 aliphatic heterocycles. The van der Waals surface area contributed by atoms with E-state index in [0.717, 1.165) is 31.9 Å². The Balaban J connectivity index is 2.30. The predicted molar refractivity (Wildman–Crippen MR) is 55.7 cm³/mol. The van der Waals surface area contributed by atoms with Gasteiger partial charge in [-0.3, -0.25) is 0 Å². The minimum absolute atomic E-state index is 0.0537. The third-order valence-electron chi connectivity index (χ3n) is 2.96. The Kier molecular flexibility index (Phi) is 3.00. The number of piperidine rings is 1. The molecule has 0 bridgehead atoms. The Bertz CT molecular complexity index is 357. The summed E-state index contributed by atoms with van der Waals surface area (Å²) in [6.07, 6.45) is 3.17. The standard InChI is InChI=1S/C12H15F2N/c1-8-6-9(11(14)7-10(8)13)12-4-2-3-5-15-12/h6-7,12,15H,2-5H2,1H3. The maximum Gasteiger partial charge on any atom is 0.130 e. The van der Waals surface area contributed by atoms with E-state index in [1.807, 2.05) is 0 Å². The third kappa shape index (κ3) is 2.17. The van der Waals surface area contributed by atoms with E-state index >= 15 is 0 Å². The maximum atomic E-state index is 13.5. The van der Waals surface area contributed by atoms with Gasteiger partial charge in [0.05, 0.1) is 0 Å². The van der Waals surface area contributed by atoms with Crippen molar-refractivity contribution >= 4 is 0 Å². The molecular weight excluding hydrogens is 196 g/mol. The Hall–Kier alpha value is -0.960. The summed E-state index contributed by atoms with van der Waals surface area (Å²) in [6.45, 7) is 2.58. The van der Waals surface area contributed by atoms with Gasteiger partial charge in [-0.2, -0.15) is 0 Å². The summed E-state index contributed by atoms with van der Waals surface area (Å²) in [7, 11) is 0. The second kappa shape index (κ2) is 4.27. The van der Waals surface area contributed by atoms with Crippen LogP contribution in [0.2, 0.25) is 0 Å². The van der Waals surface area contributed by atoms with Gasteiger partial charge < -0.3 is 5.32 Å². The van der Waals surface area contributed by atoms with Crippen LogP contribution in [0.1, 0.15) is 36.4 Å². The molecule has 1 aliphatic rings. The van der Waals surface area contributed by atoms with Gasteiger partial charge in [0, 0.05) is 17.7 Å². The molecule has 0 aliphatic carbocycles. The highest BCUT2D eigenvalue weighted by atomic mass is 19.1. The lowest BCUT2D eigenvalue weighted by Crippen LogP contribution is -2.27. The van der Waals surface area contributed by atoms with Crippen LogP contribution >= 0.6 is 0 Å². The predicted octanol–water partition coefficient (Wildman–Crippen LogP) is 3.09. The van der Waals surface area contributed by atoms with E-state index in [2.05, 4.69) is 5.32 Å². The lowest BCUT2D eigenvalue weighted by molar-refractivity contribution is 0.398. The van der Waals surface area contributed by atoms with Crippen LogP contribution in [-0.4, -0.2) is 6.54 Å². The second-order valence-corrected chi connectivity index (χ2v) is 4.13. The lowest BCUT2D eigenvalue weighted by Gasteiger charge is -2.24. The average molecular weight is 211 g/mol. The molecule has 1 unspecified atom stereocenters. The van der Waals surface area contributed by atoms with Crippen LogP contribution in [0.4, 0.5) is 8.78 Å². The van der Waals surface area contributed by atoms with Crippen LogP contribution in [0.25, 0.3) is 0 Å². The summed E-state index contributed by atoms with van der Waals surface area (Å²) in [5.41, 5.74) is 1.12. The van der Waals surface area contributed by atoms with Crippen molar-refractivity contribution < 1.29 is 8.78 Å². The molecule has 1 saturated heterocycles. The summed E-state index contributed by atoms with van der Waals surface area (Å²) >= 11 is 0. The Morgan fingerprint density at radius 2 is 2.00 bits per heavy atom. The van der Waals surface area contributed by atoms with Gasteiger partial charge in [0.1, 0.15) is 11.6 Å². The first kappa shape index (κ1) is 10.6. The van der Waals surface area contributed by atoms with E-state index in [-0.39, 0.29) is 6.04 Å². The molecule has 2 rings (SSSR count). The van der Waals surface area contributed by atoms with E-state index in [1.54, 1.807) is 13.0 Å². The van der Waals surface area contributed by atoms with Gasteiger partial charge in [-0.05, 0) is 37.9 Å². The molecular formula is C12H15F2N. The highest BCUT2D eigenvalue weighted by Gasteiger charge is 2.19. The van der Waals surface area contributed by atoms with Crippen molar-refractivity contribution in [1.29, 1.82) is 0 Å². The van der Waals surface area contributed by atoms with Crippen LogP contribution in [0.3, 0.4) is 0 Å². The Morgan fingerprint density at radius 1 is 1.20 bits per heavy atom. The molecule has 0 spiro atoms. The highest BCUT2D eigenvalue weighted by Crippen LogP contribution is 2.26. The summed E-state index contributed by atoms with van der Waals surface area (Å²) in [5.74, 6) is -0.899. The van der Waals surface area contributed by atoms with E-state index in [9.17, 15) is 8.78 Å². The van der Waals surface area contributed by atoms with Crippen LogP contribution < -0.4 is 5.32 Å². The Morgan fingerprint density at radius 3 is 2.67 bits per heavy atom. The number of halogens is 2. The Labute approximate surface area is 88.5 Å². The molecule has 1 fully saturated rings. The number of benzene rings is 1. The number of nitrogens with one attached hydrogen (secondary N) is 1. The molecule has 0 amide bonds. The van der Waals surface area contributed by atoms with E-state index < -0.39 is 11.6 Å². The van der Waals surface area contributed by atoms with Gasteiger partial charge in [0.15, 0.2) is 0 Å².